The van der Waals surface area contributed by atoms with E-state index in [9.17, 15) is 4.79 Å². The van der Waals surface area contributed by atoms with Crippen LogP contribution in [0.25, 0.3) is 21.7 Å². The van der Waals surface area contributed by atoms with Gasteiger partial charge >= 0.3 is 0 Å². The van der Waals surface area contributed by atoms with Gasteiger partial charge in [-0.15, -0.1) is 12.3 Å². The number of hydrogen-bond acceptors (Lipinski definition) is 3. The lowest BCUT2D eigenvalue weighted by Gasteiger charge is -2.34. The molecule has 0 bridgehead atoms. The Morgan fingerprint density at radius 3 is 2.65 bits per heavy atom. The number of hydrogen-bond donors (Lipinski definition) is 0. The van der Waals surface area contributed by atoms with Crippen LogP contribution in [0.4, 0.5) is 0 Å². The third-order valence-electron chi connectivity index (χ3n) is 5.08. The van der Waals surface area contributed by atoms with Gasteiger partial charge in [-0.05, 0) is 22.9 Å². The molecule has 130 valence electrons. The molecule has 1 aromatic heterocycles. The average molecular weight is 343 g/mol. The summed E-state index contributed by atoms with van der Waals surface area (Å²) < 4.78 is 0. The lowest BCUT2D eigenvalue weighted by molar-refractivity contribution is 0.0642. The minimum Gasteiger partial charge on any atom is -0.336 e. The maximum Gasteiger partial charge on any atom is 0.256 e. The fourth-order valence-electron chi connectivity index (χ4n) is 3.66. The van der Waals surface area contributed by atoms with E-state index >= 15 is 0 Å². The first kappa shape index (κ1) is 16.6. The van der Waals surface area contributed by atoms with Crippen LogP contribution in [0.5, 0.6) is 0 Å². The van der Waals surface area contributed by atoms with Crippen LogP contribution < -0.4 is 0 Å². The van der Waals surface area contributed by atoms with Gasteiger partial charge in [0.15, 0.2) is 0 Å². The highest BCUT2D eigenvalue weighted by Gasteiger charge is 2.24. The standard InChI is InChI=1S/C22H21N3O/c1-2-3-11-24-12-14-25(15-13-24)22(26)20-16-17-7-4-5-8-18(17)19-9-6-10-23-21(19)20/h1,4-10,16H,3,11-15H2. The zero-order valence-electron chi connectivity index (χ0n) is 14.7. The molecule has 0 unspecified atom stereocenters. The maximum atomic E-state index is 13.2. The molecule has 0 saturated carbocycles. The average Bonchev–Trinajstić information content (AvgIpc) is 2.71. The number of nitrogens with zero attached hydrogens (tertiary/aromatic N) is 3. The van der Waals surface area contributed by atoms with Crippen molar-refractivity contribution >= 4 is 27.6 Å². The number of terminal acetylenes is 1. The monoisotopic (exact) mass is 343 g/mol. The number of carbonyl (C=O) groups excluding carboxylic acids is 1. The normalized spacial score (nSPS) is 15.3. The Kier molecular flexibility index (Phi) is 4.55. The van der Waals surface area contributed by atoms with Crippen LogP contribution in [-0.4, -0.2) is 53.4 Å². The molecular formula is C22H21N3O. The fourth-order valence-corrected chi connectivity index (χ4v) is 3.66. The number of benzene rings is 2. The zero-order valence-corrected chi connectivity index (χ0v) is 14.7. The van der Waals surface area contributed by atoms with Gasteiger partial charge in [0.1, 0.15) is 0 Å². The van der Waals surface area contributed by atoms with Gasteiger partial charge in [0.2, 0.25) is 0 Å². The van der Waals surface area contributed by atoms with E-state index in [1.165, 1.54) is 0 Å². The van der Waals surface area contributed by atoms with E-state index in [1.807, 2.05) is 35.2 Å². The molecule has 1 aliphatic rings. The van der Waals surface area contributed by atoms with Gasteiger partial charge in [0.05, 0.1) is 11.1 Å². The van der Waals surface area contributed by atoms with E-state index in [0.29, 0.717) is 5.56 Å². The van der Waals surface area contributed by atoms with E-state index in [1.54, 1.807) is 6.20 Å². The number of amides is 1. The molecule has 0 spiro atoms. The van der Waals surface area contributed by atoms with Gasteiger partial charge in [0.25, 0.3) is 5.91 Å². The van der Waals surface area contributed by atoms with Crippen LogP contribution in [0, 0.1) is 12.3 Å². The van der Waals surface area contributed by atoms with Gasteiger partial charge < -0.3 is 4.90 Å². The number of carbonyl (C=O) groups is 1. The Labute approximate surface area is 153 Å². The summed E-state index contributed by atoms with van der Waals surface area (Å²) in [5.74, 6) is 2.75. The lowest BCUT2D eigenvalue weighted by atomic mass is 10.00. The van der Waals surface area contributed by atoms with Crippen molar-refractivity contribution in [1.29, 1.82) is 0 Å². The number of pyridine rings is 1. The molecule has 1 saturated heterocycles. The highest BCUT2D eigenvalue weighted by atomic mass is 16.2. The predicted octanol–water partition coefficient (Wildman–Crippen LogP) is 3.17. The highest BCUT2D eigenvalue weighted by molar-refractivity contribution is 6.15. The Morgan fingerprint density at radius 2 is 1.85 bits per heavy atom. The van der Waals surface area contributed by atoms with E-state index in [4.69, 9.17) is 6.42 Å². The molecule has 4 nitrogen and oxygen atoms in total. The first-order valence-electron chi connectivity index (χ1n) is 8.99. The van der Waals surface area contributed by atoms with E-state index in [0.717, 1.165) is 60.8 Å². The lowest BCUT2D eigenvalue weighted by Crippen LogP contribution is -2.48. The topological polar surface area (TPSA) is 36.4 Å². The third-order valence-corrected chi connectivity index (χ3v) is 5.08. The van der Waals surface area contributed by atoms with Gasteiger partial charge in [-0.3, -0.25) is 14.7 Å². The van der Waals surface area contributed by atoms with Crippen molar-refractivity contribution in [1.82, 2.24) is 14.8 Å². The van der Waals surface area contributed by atoms with Crippen LogP contribution in [-0.2, 0) is 0 Å². The smallest absolute Gasteiger partial charge is 0.256 e. The van der Waals surface area contributed by atoms with E-state index in [-0.39, 0.29) is 5.91 Å². The second-order valence-electron chi connectivity index (χ2n) is 6.63. The Balaban J connectivity index is 1.66. The molecule has 0 atom stereocenters. The first-order chi connectivity index (χ1) is 12.8. The van der Waals surface area contributed by atoms with Crippen molar-refractivity contribution < 1.29 is 4.79 Å². The Hall–Kier alpha value is -2.90. The second kappa shape index (κ2) is 7.15. The van der Waals surface area contributed by atoms with Crippen molar-refractivity contribution in [3.8, 4) is 12.3 Å². The summed E-state index contributed by atoms with van der Waals surface area (Å²) in [4.78, 5) is 22.0. The zero-order chi connectivity index (χ0) is 17.9. The summed E-state index contributed by atoms with van der Waals surface area (Å²) in [6, 6.07) is 14.1. The quantitative estimate of drug-likeness (QED) is 0.541. The number of piperazine rings is 1. The number of rotatable bonds is 3. The molecule has 26 heavy (non-hydrogen) atoms. The van der Waals surface area contributed by atoms with Gasteiger partial charge in [-0.2, -0.15) is 0 Å². The van der Waals surface area contributed by atoms with E-state index < -0.39 is 0 Å². The third kappa shape index (κ3) is 3.02. The Morgan fingerprint density at radius 1 is 1.08 bits per heavy atom. The first-order valence-corrected chi connectivity index (χ1v) is 8.99. The summed E-state index contributed by atoms with van der Waals surface area (Å²) in [5.41, 5.74) is 1.47. The van der Waals surface area contributed by atoms with Crippen molar-refractivity contribution in [3.05, 3.63) is 54.2 Å². The maximum absolute atomic E-state index is 13.2. The number of aromatic nitrogens is 1. The SMILES string of the molecule is C#CCCN1CCN(C(=O)c2cc3ccccc3c3cccnc23)CC1. The minimum atomic E-state index is 0.0658. The minimum absolute atomic E-state index is 0.0658. The molecule has 4 heteroatoms. The predicted molar refractivity (Wildman–Crippen MR) is 105 cm³/mol. The van der Waals surface area contributed by atoms with Crippen molar-refractivity contribution in [2.45, 2.75) is 6.42 Å². The Bertz CT molecular complexity index is 997. The summed E-state index contributed by atoms with van der Waals surface area (Å²) in [6.45, 7) is 4.09. The number of fused-ring (bicyclic) bond motifs is 3. The molecule has 1 fully saturated rings. The molecular weight excluding hydrogens is 322 g/mol. The van der Waals surface area contributed by atoms with Crippen LogP contribution in [0.1, 0.15) is 16.8 Å². The molecule has 1 aliphatic heterocycles. The molecule has 2 aromatic carbocycles. The molecule has 2 heterocycles. The second-order valence-corrected chi connectivity index (χ2v) is 6.63. The largest absolute Gasteiger partial charge is 0.336 e. The molecule has 1 amide bonds. The van der Waals surface area contributed by atoms with Crippen LogP contribution in [0.2, 0.25) is 0 Å². The summed E-state index contributed by atoms with van der Waals surface area (Å²) in [5, 5.41) is 3.23. The highest BCUT2D eigenvalue weighted by Crippen LogP contribution is 2.28. The van der Waals surface area contributed by atoms with Crippen LogP contribution in [0.3, 0.4) is 0 Å². The molecule has 3 aromatic rings. The van der Waals surface area contributed by atoms with Crippen LogP contribution >= 0.6 is 0 Å². The summed E-state index contributed by atoms with van der Waals surface area (Å²) in [7, 11) is 0. The molecule has 4 rings (SSSR count). The molecule has 0 N–H and O–H groups in total. The van der Waals surface area contributed by atoms with Crippen molar-refractivity contribution in [2.75, 3.05) is 32.7 Å². The van der Waals surface area contributed by atoms with E-state index in [2.05, 4.69) is 27.9 Å². The molecule has 0 aliphatic carbocycles. The molecule has 0 radical (unpaired) electrons. The summed E-state index contributed by atoms with van der Waals surface area (Å²) in [6.07, 6.45) is 7.86. The van der Waals surface area contributed by atoms with Crippen molar-refractivity contribution in [3.63, 3.8) is 0 Å². The van der Waals surface area contributed by atoms with Gasteiger partial charge in [-0.25, -0.2) is 0 Å². The van der Waals surface area contributed by atoms with Crippen LogP contribution in [0.15, 0.2) is 48.7 Å². The van der Waals surface area contributed by atoms with Gasteiger partial charge in [0, 0.05) is 50.7 Å². The fraction of sp³-hybridized carbons (Fsp3) is 0.273. The van der Waals surface area contributed by atoms with Gasteiger partial charge in [-0.1, -0.05) is 30.3 Å². The summed E-state index contributed by atoms with van der Waals surface area (Å²) >= 11 is 0. The van der Waals surface area contributed by atoms with Crippen molar-refractivity contribution in [2.24, 2.45) is 0 Å².